The number of hydrogen-bond acceptors (Lipinski definition) is 4. The van der Waals surface area contributed by atoms with Crippen LogP contribution in [-0.4, -0.2) is 74.7 Å². The van der Waals surface area contributed by atoms with Crippen LogP contribution in [0.5, 0.6) is 0 Å². The van der Waals surface area contributed by atoms with E-state index in [4.69, 9.17) is 0 Å². The Morgan fingerprint density at radius 2 is 1.46 bits per heavy atom. The summed E-state index contributed by atoms with van der Waals surface area (Å²) in [5, 5.41) is 7.16. The fourth-order valence-corrected chi connectivity index (χ4v) is 4.56. The Hall–Kier alpha value is -0.160. The molecule has 2 saturated heterocycles. The van der Waals surface area contributed by atoms with Crippen molar-refractivity contribution < 1.29 is 0 Å². The molecule has 0 amide bonds. The second kappa shape index (κ2) is 11.5. The summed E-state index contributed by atoms with van der Waals surface area (Å²) in [6, 6.07) is 0.817. The van der Waals surface area contributed by atoms with Gasteiger partial charge in [0.05, 0.1) is 0 Å². The number of nitrogens with zero attached hydrogens (tertiary/aromatic N) is 2. The Morgan fingerprint density at radius 3 is 2.04 bits per heavy atom. The van der Waals surface area contributed by atoms with Crippen molar-refractivity contribution in [2.24, 2.45) is 11.8 Å². The first-order chi connectivity index (χ1) is 11.6. The first kappa shape index (κ1) is 20.2. The predicted octanol–water partition coefficient (Wildman–Crippen LogP) is 2.41. The van der Waals surface area contributed by atoms with Gasteiger partial charge in [-0.2, -0.15) is 0 Å². The summed E-state index contributed by atoms with van der Waals surface area (Å²) in [7, 11) is 0. The zero-order chi connectivity index (χ0) is 17.2. The first-order valence-electron chi connectivity index (χ1n) is 10.5. The minimum atomic E-state index is 0.817. The Kier molecular flexibility index (Phi) is 9.62. The highest BCUT2D eigenvalue weighted by Crippen LogP contribution is 2.20. The van der Waals surface area contributed by atoms with Gasteiger partial charge >= 0.3 is 0 Å². The Labute approximate surface area is 150 Å². The first-order valence-corrected chi connectivity index (χ1v) is 10.5. The molecular formula is C20H42N4. The standard InChI is InChI=1S/C20H42N4/c1-18-15-19(2)17-23(16-18)12-5-8-21-10-11-22-9-6-14-24-13-4-7-20(24)3/h18-22H,4-17H2,1-3H3. The van der Waals surface area contributed by atoms with Crippen molar-refractivity contribution in [2.75, 3.05) is 58.9 Å². The van der Waals surface area contributed by atoms with Crippen LogP contribution in [0, 0.1) is 11.8 Å². The van der Waals surface area contributed by atoms with Gasteiger partial charge in [0.25, 0.3) is 0 Å². The molecule has 0 aliphatic carbocycles. The van der Waals surface area contributed by atoms with Crippen LogP contribution < -0.4 is 10.6 Å². The Bertz CT molecular complexity index is 313. The van der Waals surface area contributed by atoms with E-state index in [1.165, 1.54) is 64.8 Å². The molecule has 0 saturated carbocycles. The maximum Gasteiger partial charge on any atom is 0.00767 e. The lowest BCUT2D eigenvalue weighted by Crippen LogP contribution is -2.40. The fourth-order valence-electron chi connectivity index (χ4n) is 4.56. The van der Waals surface area contributed by atoms with E-state index in [2.05, 4.69) is 41.2 Å². The summed E-state index contributed by atoms with van der Waals surface area (Å²) in [5.74, 6) is 1.77. The van der Waals surface area contributed by atoms with Crippen molar-refractivity contribution in [3.8, 4) is 0 Å². The molecule has 2 aliphatic heterocycles. The van der Waals surface area contributed by atoms with Gasteiger partial charge in [0.1, 0.15) is 0 Å². The van der Waals surface area contributed by atoms with E-state index in [9.17, 15) is 0 Å². The molecule has 0 aromatic heterocycles. The van der Waals surface area contributed by atoms with Gasteiger partial charge in [0.15, 0.2) is 0 Å². The molecule has 2 heterocycles. The Balaban J connectivity index is 1.34. The smallest absolute Gasteiger partial charge is 0.00767 e. The van der Waals surface area contributed by atoms with E-state index in [0.717, 1.165) is 44.1 Å². The number of hydrogen-bond donors (Lipinski definition) is 2. The zero-order valence-electron chi connectivity index (χ0n) is 16.5. The molecule has 4 heteroatoms. The summed E-state index contributed by atoms with van der Waals surface area (Å²) in [6.07, 6.45) is 6.78. The molecule has 2 N–H and O–H groups in total. The van der Waals surface area contributed by atoms with Crippen molar-refractivity contribution in [1.82, 2.24) is 20.4 Å². The average molecular weight is 339 g/mol. The lowest BCUT2D eigenvalue weighted by molar-refractivity contribution is 0.139. The molecule has 3 unspecified atom stereocenters. The Morgan fingerprint density at radius 1 is 0.833 bits per heavy atom. The van der Waals surface area contributed by atoms with Crippen LogP contribution in [0.15, 0.2) is 0 Å². The van der Waals surface area contributed by atoms with E-state index in [1.54, 1.807) is 0 Å². The van der Waals surface area contributed by atoms with Crippen molar-refractivity contribution in [3.63, 3.8) is 0 Å². The summed E-state index contributed by atoms with van der Waals surface area (Å²) >= 11 is 0. The third-order valence-corrected chi connectivity index (χ3v) is 5.74. The monoisotopic (exact) mass is 338 g/mol. The van der Waals surface area contributed by atoms with Gasteiger partial charge < -0.3 is 20.4 Å². The van der Waals surface area contributed by atoms with Crippen molar-refractivity contribution in [3.05, 3.63) is 0 Å². The van der Waals surface area contributed by atoms with Crippen LogP contribution in [0.3, 0.4) is 0 Å². The van der Waals surface area contributed by atoms with E-state index in [-0.39, 0.29) is 0 Å². The number of rotatable bonds is 11. The summed E-state index contributed by atoms with van der Waals surface area (Å²) in [4.78, 5) is 5.31. The molecule has 2 rings (SSSR count). The number of nitrogens with one attached hydrogen (secondary N) is 2. The minimum Gasteiger partial charge on any atom is -0.315 e. The second-order valence-electron chi connectivity index (χ2n) is 8.44. The number of piperidine rings is 1. The summed E-state index contributed by atoms with van der Waals surface area (Å²) < 4.78 is 0. The minimum absolute atomic E-state index is 0.817. The molecule has 0 aromatic carbocycles. The van der Waals surface area contributed by atoms with E-state index in [1.807, 2.05) is 0 Å². The van der Waals surface area contributed by atoms with Crippen molar-refractivity contribution in [2.45, 2.75) is 58.9 Å². The van der Waals surface area contributed by atoms with E-state index >= 15 is 0 Å². The van der Waals surface area contributed by atoms with Crippen molar-refractivity contribution in [1.29, 1.82) is 0 Å². The molecule has 0 bridgehead atoms. The summed E-state index contributed by atoms with van der Waals surface area (Å²) in [5.41, 5.74) is 0. The van der Waals surface area contributed by atoms with Gasteiger partial charge in [0, 0.05) is 32.2 Å². The molecular weight excluding hydrogens is 296 g/mol. The fraction of sp³-hybridized carbons (Fsp3) is 1.00. The highest BCUT2D eigenvalue weighted by atomic mass is 15.2. The lowest BCUT2D eigenvalue weighted by Gasteiger charge is -2.34. The van der Waals surface area contributed by atoms with Crippen LogP contribution in [0.2, 0.25) is 0 Å². The van der Waals surface area contributed by atoms with Gasteiger partial charge in [-0.3, -0.25) is 0 Å². The van der Waals surface area contributed by atoms with Gasteiger partial charge in [-0.15, -0.1) is 0 Å². The average Bonchev–Trinajstić information content (AvgIpc) is 2.93. The quantitative estimate of drug-likeness (QED) is 0.567. The van der Waals surface area contributed by atoms with Crippen LogP contribution in [-0.2, 0) is 0 Å². The highest BCUT2D eigenvalue weighted by molar-refractivity contribution is 4.75. The van der Waals surface area contributed by atoms with Crippen LogP contribution in [0.25, 0.3) is 0 Å². The van der Waals surface area contributed by atoms with Crippen LogP contribution in [0.1, 0.15) is 52.9 Å². The van der Waals surface area contributed by atoms with Gasteiger partial charge in [0.2, 0.25) is 0 Å². The van der Waals surface area contributed by atoms with Crippen LogP contribution in [0.4, 0.5) is 0 Å². The molecule has 4 nitrogen and oxygen atoms in total. The molecule has 142 valence electrons. The maximum atomic E-state index is 3.59. The van der Waals surface area contributed by atoms with Gasteiger partial charge in [-0.05, 0) is 83.6 Å². The predicted molar refractivity (Wildman–Crippen MR) is 105 cm³/mol. The molecule has 3 atom stereocenters. The molecule has 0 aromatic rings. The zero-order valence-corrected chi connectivity index (χ0v) is 16.5. The van der Waals surface area contributed by atoms with Gasteiger partial charge in [-0.25, -0.2) is 0 Å². The molecule has 2 aliphatic rings. The third-order valence-electron chi connectivity index (χ3n) is 5.74. The lowest BCUT2D eigenvalue weighted by atomic mass is 9.92. The number of likely N-dealkylation sites (tertiary alicyclic amines) is 2. The molecule has 0 radical (unpaired) electrons. The SMILES string of the molecule is CC1CC(C)CN(CCCNCCNCCCN2CCCC2C)C1. The highest BCUT2D eigenvalue weighted by Gasteiger charge is 2.21. The third kappa shape index (κ3) is 7.81. The second-order valence-corrected chi connectivity index (χ2v) is 8.44. The van der Waals surface area contributed by atoms with Crippen LogP contribution >= 0.6 is 0 Å². The van der Waals surface area contributed by atoms with Crippen molar-refractivity contribution >= 4 is 0 Å². The molecule has 24 heavy (non-hydrogen) atoms. The van der Waals surface area contributed by atoms with E-state index < -0.39 is 0 Å². The van der Waals surface area contributed by atoms with E-state index in [0.29, 0.717) is 0 Å². The summed E-state index contributed by atoms with van der Waals surface area (Å²) in [6.45, 7) is 18.2. The normalized spacial score (nSPS) is 29.4. The molecule has 0 spiro atoms. The van der Waals surface area contributed by atoms with Gasteiger partial charge in [-0.1, -0.05) is 13.8 Å². The molecule has 2 fully saturated rings. The maximum absolute atomic E-state index is 3.59. The largest absolute Gasteiger partial charge is 0.315 e. The topological polar surface area (TPSA) is 30.5 Å².